The molecular weight excluding hydrogens is 527 g/mol. The van der Waals surface area contributed by atoms with Gasteiger partial charge in [0.1, 0.15) is 0 Å². The van der Waals surface area contributed by atoms with Crippen molar-refractivity contribution < 1.29 is 0 Å². The summed E-state index contributed by atoms with van der Waals surface area (Å²) in [5, 5.41) is 1.73. The molecule has 0 unspecified atom stereocenters. The summed E-state index contributed by atoms with van der Waals surface area (Å²) in [6.07, 6.45) is 7.36. The molecule has 0 aliphatic heterocycles. The molecule has 5 aromatic carbocycles. The Morgan fingerprint density at radius 2 is 0.525 bits per heavy atom. The van der Waals surface area contributed by atoms with Gasteiger partial charge in [-0.15, -0.1) is 0 Å². The Bertz CT molecular complexity index is 1410. The van der Waals surface area contributed by atoms with Gasteiger partial charge in [0.2, 0.25) is 0 Å². The Hall–Kier alpha value is -3.32. The zero-order chi connectivity index (χ0) is 27.6. The van der Waals surface area contributed by atoms with Gasteiger partial charge in [-0.05, 0) is 95.9 Å². The normalized spacial score (nSPS) is 11.1. The fourth-order valence-corrected chi connectivity index (χ4v) is 6.45. The summed E-state index contributed by atoms with van der Waals surface area (Å²) in [5.74, 6) is 0. The maximum absolute atomic E-state index is 7.34. The van der Waals surface area contributed by atoms with Crippen molar-refractivity contribution in [1.29, 1.82) is 0 Å². The zero-order valence-electron chi connectivity index (χ0n) is 23.0. The second-order valence-corrected chi connectivity index (χ2v) is 11.2. The summed E-state index contributed by atoms with van der Waals surface area (Å²) in [7, 11) is 0. The van der Waals surface area contributed by atoms with E-state index in [2.05, 4.69) is 121 Å². The summed E-state index contributed by atoms with van der Waals surface area (Å²) in [5.41, 5.74) is 10.3. The van der Waals surface area contributed by atoms with Crippen molar-refractivity contribution in [2.75, 3.05) is 0 Å². The van der Waals surface area contributed by atoms with Crippen LogP contribution in [0.4, 0.5) is 0 Å². The topological polar surface area (TPSA) is 0 Å². The highest BCUT2D eigenvalue weighted by Crippen LogP contribution is 2.38. The smallest absolute Gasteiger partial charge is 0.0488 e. The molecule has 0 amide bonds. The molecule has 0 N–H and O–H groups in total. The van der Waals surface area contributed by atoms with Gasteiger partial charge in [0.15, 0.2) is 0 Å². The van der Waals surface area contributed by atoms with Crippen LogP contribution in [0.15, 0.2) is 121 Å². The molecule has 0 atom stereocenters. The van der Waals surface area contributed by atoms with Crippen LogP contribution in [0, 0.1) is 0 Å². The molecule has 0 aliphatic carbocycles. The first-order chi connectivity index (χ1) is 19.7. The Kier molecular flexibility index (Phi) is 10.1. The Labute approximate surface area is 249 Å². The van der Waals surface area contributed by atoms with Crippen molar-refractivity contribution in [3.63, 3.8) is 0 Å². The molecule has 0 aliphatic rings. The average Bonchev–Trinajstić information content (AvgIpc) is 3.01. The molecule has 0 bridgehead atoms. The molecule has 40 heavy (non-hydrogen) atoms. The van der Waals surface area contributed by atoms with Crippen LogP contribution in [0.25, 0.3) is 0 Å². The predicted octanol–water partition coefficient (Wildman–Crippen LogP) is 10.1. The lowest BCUT2D eigenvalue weighted by molar-refractivity contribution is 0.844. The summed E-state index contributed by atoms with van der Waals surface area (Å²) >= 11 is 14.7. The third kappa shape index (κ3) is 7.45. The zero-order valence-corrected chi connectivity index (χ0v) is 24.5. The van der Waals surface area contributed by atoms with Gasteiger partial charge in [0.05, 0.1) is 0 Å². The highest BCUT2D eigenvalue weighted by Gasteiger charge is 2.22. The van der Waals surface area contributed by atoms with Crippen LogP contribution >= 0.6 is 23.2 Å². The fourth-order valence-electron chi connectivity index (χ4n) is 5.61. The van der Waals surface area contributed by atoms with Crippen LogP contribution in [-0.2, 0) is 51.4 Å². The number of halogens is 2. The fraction of sp³-hybridized carbons (Fsp3) is 0.211. The van der Waals surface area contributed by atoms with Crippen molar-refractivity contribution in [2.45, 2.75) is 51.4 Å². The Morgan fingerprint density at radius 3 is 0.825 bits per heavy atom. The van der Waals surface area contributed by atoms with Gasteiger partial charge in [-0.25, -0.2) is 0 Å². The first kappa shape index (κ1) is 28.2. The SMILES string of the molecule is Clc1c(CCc2ccccc2)c(Cl)c(CCc2ccccc2)c(CCc2ccccc2)c1CCc1ccccc1. The molecule has 0 aromatic heterocycles. The van der Waals surface area contributed by atoms with Crippen LogP contribution in [0.2, 0.25) is 10.0 Å². The van der Waals surface area contributed by atoms with Gasteiger partial charge in [0.25, 0.3) is 0 Å². The third-order valence-electron chi connectivity index (χ3n) is 7.81. The van der Waals surface area contributed by atoms with Crippen LogP contribution in [-0.4, -0.2) is 0 Å². The summed E-state index contributed by atoms with van der Waals surface area (Å²) < 4.78 is 0. The van der Waals surface area contributed by atoms with E-state index < -0.39 is 0 Å². The number of aryl methyl sites for hydroxylation is 4. The van der Waals surface area contributed by atoms with E-state index in [0.717, 1.165) is 67.0 Å². The minimum absolute atomic E-state index is 0.831. The molecule has 5 rings (SSSR count). The Morgan fingerprint density at radius 1 is 0.275 bits per heavy atom. The highest BCUT2D eigenvalue weighted by molar-refractivity contribution is 6.37. The first-order valence-corrected chi connectivity index (χ1v) is 15.1. The minimum atomic E-state index is 0.831. The average molecular weight is 564 g/mol. The second-order valence-electron chi connectivity index (χ2n) is 10.5. The van der Waals surface area contributed by atoms with Crippen LogP contribution in [0.3, 0.4) is 0 Å². The molecule has 202 valence electrons. The van der Waals surface area contributed by atoms with Crippen LogP contribution in [0.5, 0.6) is 0 Å². The molecule has 0 fully saturated rings. The first-order valence-electron chi connectivity index (χ1n) is 14.3. The monoisotopic (exact) mass is 562 g/mol. The van der Waals surface area contributed by atoms with Gasteiger partial charge in [-0.3, -0.25) is 0 Å². The molecular formula is C38H36Cl2. The van der Waals surface area contributed by atoms with E-state index >= 15 is 0 Å². The summed E-state index contributed by atoms with van der Waals surface area (Å²) in [4.78, 5) is 0. The minimum Gasteiger partial charge on any atom is -0.0837 e. The number of hydrogen-bond donors (Lipinski definition) is 0. The molecule has 0 radical (unpaired) electrons. The van der Waals surface area contributed by atoms with Gasteiger partial charge < -0.3 is 0 Å². The van der Waals surface area contributed by atoms with E-state index in [1.165, 1.54) is 38.9 Å². The lowest BCUT2D eigenvalue weighted by Gasteiger charge is -2.23. The predicted molar refractivity (Wildman–Crippen MR) is 172 cm³/mol. The molecule has 0 spiro atoms. The van der Waals surface area contributed by atoms with Gasteiger partial charge in [-0.2, -0.15) is 0 Å². The standard InChI is InChI=1S/C38H36Cl2/c39-37-34(26-22-30-15-7-2-8-16-30)33(25-21-29-13-5-1-6-14-29)35(27-23-31-17-9-3-10-18-31)38(40)36(37)28-24-32-19-11-4-12-20-32/h1-20H,21-28H2. The van der Waals surface area contributed by atoms with Crippen molar-refractivity contribution >= 4 is 23.2 Å². The van der Waals surface area contributed by atoms with Gasteiger partial charge in [-0.1, -0.05) is 145 Å². The largest absolute Gasteiger partial charge is 0.0837 e. The molecule has 0 saturated heterocycles. The number of rotatable bonds is 12. The summed E-state index contributed by atoms with van der Waals surface area (Å²) in [6.45, 7) is 0. The second kappa shape index (κ2) is 14.4. The van der Waals surface area contributed by atoms with Crippen molar-refractivity contribution in [1.82, 2.24) is 0 Å². The molecule has 0 nitrogen and oxygen atoms in total. The quantitative estimate of drug-likeness (QED) is 0.142. The number of hydrogen-bond acceptors (Lipinski definition) is 0. The van der Waals surface area contributed by atoms with Crippen LogP contribution < -0.4 is 0 Å². The maximum atomic E-state index is 7.34. The maximum Gasteiger partial charge on any atom is 0.0488 e. The van der Waals surface area contributed by atoms with E-state index in [1.807, 2.05) is 0 Å². The van der Waals surface area contributed by atoms with Gasteiger partial charge >= 0.3 is 0 Å². The van der Waals surface area contributed by atoms with Gasteiger partial charge in [0, 0.05) is 10.0 Å². The molecule has 0 heterocycles. The lowest BCUT2D eigenvalue weighted by atomic mass is 9.86. The highest BCUT2D eigenvalue weighted by atomic mass is 35.5. The van der Waals surface area contributed by atoms with Crippen molar-refractivity contribution in [3.05, 3.63) is 176 Å². The Balaban J connectivity index is 1.54. The van der Waals surface area contributed by atoms with E-state index in [1.54, 1.807) is 0 Å². The molecule has 2 heteroatoms. The third-order valence-corrected chi connectivity index (χ3v) is 8.73. The lowest BCUT2D eigenvalue weighted by Crippen LogP contribution is -2.10. The van der Waals surface area contributed by atoms with E-state index in [0.29, 0.717) is 0 Å². The van der Waals surface area contributed by atoms with E-state index in [9.17, 15) is 0 Å². The number of benzene rings is 5. The van der Waals surface area contributed by atoms with Crippen LogP contribution in [0.1, 0.15) is 44.5 Å². The van der Waals surface area contributed by atoms with E-state index in [4.69, 9.17) is 23.2 Å². The van der Waals surface area contributed by atoms with Crippen molar-refractivity contribution in [2.24, 2.45) is 0 Å². The molecule has 0 saturated carbocycles. The van der Waals surface area contributed by atoms with E-state index in [-0.39, 0.29) is 0 Å². The van der Waals surface area contributed by atoms with Crippen molar-refractivity contribution in [3.8, 4) is 0 Å². The molecule has 5 aromatic rings. The summed E-state index contributed by atoms with van der Waals surface area (Å²) in [6, 6.07) is 42.8.